The van der Waals surface area contributed by atoms with Crippen LogP contribution >= 0.6 is 0 Å². The fourth-order valence-electron chi connectivity index (χ4n) is 3.48. The van der Waals surface area contributed by atoms with E-state index in [1.54, 1.807) is 0 Å². The smallest absolute Gasteiger partial charge is 0.113 e. The van der Waals surface area contributed by atoms with Crippen LogP contribution in [0.4, 0.5) is 0 Å². The summed E-state index contributed by atoms with van der Waals surface area (Å²) in [5.74, 6) is 7.32. The number of ether oxygens (including phenoxy) is 1. The van der Waals surface area contributed by atoms with E-state index in [9.17, 15) is 0 Å². The molecule has 0 radical (unpaired) electrons. The van der Waals surface area contributed by atoms with Gasteiger partial charge in [-0.25, -0.2) is 4.68 Å². The molecule has 0 unspecified atom stereocenters. The minimum Gasteiger partial charge on any atom is -0.376 e. The number of hydrogen-bond acceptors (Lipinski definition) is 3. The molecule has 1 aliphatic carbocycles. The van der Waals surface area contributed by atoms with Gasteiger partial charge >= 0.3 is 0 Å². The van der Waals surface area contributed by atoms with E-state index in [4.69, 9.17) is 4.74 Å². The zero-order valence-electron chi connectivity index (χ0n) is 15.6. The van der Waals surface area contributed by atoms with Gasteiger partial charge in [0.15, 0.2) is 0 Å². The van der Waals surface area contributed by atoms with Crippen molar-refractivity contribution in [2.45, 2.75) is 64.5 Å². The Balaban J connectivity index is 1.53. The van der Waals surface area contributed by atoms with E-state index >= 15 is 0 Å². The molecule has 0 bridgehead atoms. The molecule has 1 saturated carbocycles. The molecule has 1 aromatic carbocycles. The van der Waals surface area contributed by atoms with E-state index in [0.717, 1.165) is 43.7 Å². The highest BCUT2D eigenvalue weighted by molar-refractivity contribution is 5.64. The topological polar surface area (TPSA) is 39.9 Å². The molecule has 4 heteroatoms. The van der Waals surface area contributed by atoms with E-state index in [-0.39, 0.29) is 6.10 Å². The van der Waals surface area contributed by atoms with Crippen LogP contribution in [-0.2, 0) is 17.7 Å². The lowest BCUT2D eigenvalue weighted by Crippen LogP contribution is -2.24. The van der Waals surface area contributed by atoms with Crippen LogP contribution in [0.15, 0.2) is 24.4 Å². The molecule has 1 aromatic heterocycles. The highest BCUT2D eigenvalue weighted by atomic mass is 16.5. The SMILES string of the molecule is CCCc1cc(C#CC2CC2)ccc1-c1cn(C[C@H]2CCCCO2)nn1. The van der Waals surface area contributed by atoms with Crippen LogP contribution in [0.5, 0.6) is 0 Å². The molecule has 4 nitrogen and oxygen atoms in total. The van der Waals surface area contributed by atoms with Gasteiger partial charge in [0.2, 0.25) is 0 Å². The Morgan fingerprint density at radius 1 is 1.23 bits per heavy atom. The van der Waals surface area contributed by atoms with Crippen LogP contribution in [0.3, 0.4) is 0 Å². The van der Waals surface area contributed by atoms with Gasteiger partial charge in [0.05, 0.1) is 18.8 Å². The summed E-state index contributed by atoms with van der Waals surface area (Å²) in [6.07, 6.45) is 10.5. The van der Waals surface area contributed by atoms with Crippen molar-refractivity contribution < 1.29 is 4.74 Å². The molecule has 0 N–H and O–H groups in total. The van der Waals surface area contributed by atoms with Gasteiger partial charge in [0, 0.05) is 23.7 Å². The predicted octanol–water partition coefficient (Wildman–Crippen LogP) is 4.23. The molecule has 0 amide bonds. The van der Waals surface area contributed by atoms with E-state index < -0.39 is 0 Å². The summed E-state index contributed by atoms with van der Waals surface area (Å²) in [5, 5.41) is 8.77. The number of aryl methyl sites for hydroxylation is 1. The Hall–Kier alpha value is -2.12. The van der Waals surface area contributed by atoms with Crippen molar-refractivity contribution in [3.05, 3.63) is 35.5 Å². The summed E-state index contributed by atoms with van der Waals surface area (Å²) in [5.41, 5.74) is 4.56. The maximum Gasteiger partial charge on any atom is 0.113 e. The first-order chi connectivity index (χ1) is 12.8. The van der Waals surface area contributed by atoms with Crippen molar-refractivity contribution in [2.75, 3.05) is 6.61 Å². The van der Waals surface area contributed by atoms with Gasteiger partial charge in [0.1, 0.15) is 5.69 Å². The third kappa shape index (κ3) is 4.34. The Morgan fingerprint density at radius 3 is 2.92 bits per heavy atom. The van der Waals surface area contributed by atoms with Gasteiger partial charge in [-0.15, -0.1) is 5.10 Å². The summed E-state index contributed by atoms with van der Waals surface area (Å²) < 4.78 is 7.75. The first-order valence-electron chi connectivity index (χ1n) is 9.98. The summed E-state index contributed by atoms with van der Waals surface area (Å²) in [7, 11) is 0. The summed E-state index contributed by atoms with van der Waals surface area (Å²) in [6, 6.07) is 6.51. The minimum atomic E-state index is 0.272. The fraction of sp³-hybridized carbons (Fsp3) is 0.545. The molecule has 26 heavy (non-hydrogen) atoms. The molecule has 2 heterocycles. The Bertz CT molecular complexity index is 804. The van der Waals surface area contributed by atoms with Gasteiger partial charge in [-0.2, -0.15) is 0 Å². The molecular formula is C22H27N3O. The Labute approximate surface area is 155 Å². The molecule has 2 aromatic rings. The standard InChI is InChI=1S/C22H27N3O/c1-2-5-19-14-18(10-9-17-7-8-17)11-12-21(19)22-16-25(24-23-22)15-20-6-3-4-13-26-20/h11-12,14,16-17,20H,2-8,13,15H2,1H3/t20-/m1/s1. The first-order valence-corrected chi connectivity index (χ1v) is 9.98. The van der Waals surface area contributed by atoms with Crippen molar-refractivity contribution in [2.24, 2.45) is 5.92 Å². The quantitative estimate of drug-likeness (QED) is 0.759. The van der Waals surface area contributed by atoms with Gasteiger partial charge in [-0.1, -0.05) is 36.5 Å². The lowest BCUT2D eigenvalue weighted by molar-refractivity contribution is 0.00370. The molecular weight excluding hydrogens is 322 g/mol. The molecule has 1 saturated heterocycles. The van der Waals surface area contributed by atoms with Crippen LogP contribution in [0.25, 0.3) is 11.3 Å². The molecule has 136 valence electrons. The second-order valence-electron chi connectivity index (χ2n) is 7.48. The van der Waals surface area contributed by atoms with Crippen LogP contribution in [-0.4, -0.2) is 27.7 Å². The average Bonchev–Trinajstić information content (AvgIpc) is 3.39. The van der Waals surface area contributed by atoms with Gasteiger partial charge in [-0.05, 0) is 56.2 Å². The largest absolute Gasteiger partial charge is 0.376 e. The highest BCUT2D eigenvalue weighted by Gasteiger charge is 2.18. The summed E-state index contributed by atoms with van der Waals surface area (Å²) in [4.78, 5) is 0. The number of rotatable bonds is 5. The van der Waals surface area contributed by atoms with Crippen molar-refractivity contribution in [3.63, 3.8) is 0 Å². The van der Waals surface area contributed by atoms with E-state index in [0.29, 0.717) is 5.92 Å². The molecule has 2 aliphatic rings. The van der Waals surface area contributed by atoms with Crippen LogP contribution in [0, 0.1) is 17.8 Å². The third-order valence-corrected chi connectivity index (χ3v) is 5.10. The Morgan fingerprint density at radius 2 is 2.15 bits per heavy atom. The van der Waals surface area contributed by atoms with Gasteiger partial charge < -0.3 is 4.74 Å². The second-order valence-corrected chi connectivity index (χ2v) is 7.48. The molecule has 2 fully saturated rings. The van der Waals surface area contributed by atoms with E-state index in [1.165, 1.54) is 36.8 Å². The first kappa shape index (κ1) is 17.3. The summed E-state index contributed by atoms with van der Waals surface area (Å²) in [6.45, 7) is 3.88. The van der Waals surface area contributed by atoms with Crippen LogP contribution < -0.4 is 0 Å². The van der Waals surface area contributed by atoms with E-state index in [1.807, 2.05) is 4.68 Å². The Kier molecular flexibility index (Phi) is 5.36. The van der Waals surface area contributed by atoms with Gasteiger partial charge in [0.25, 0.3) is 0 Å². The highest BCUT2D eigenvalue weighted by Crippen LogP contribution is 2.28. The number of aromatic nitrogens is 3. The van der Waals surface area contributed by atoms with Crippen LogP contribution in [0.2, 0.25) is 0 Å². The lowest BCUT2D eigenvalue weighted by atomic mass is 9.98. The van der Waals surface area contributed by atoms with Crippen LogP contribution in [0.1, 0.15) is 56.6 Å². The number of hydrogen-bond donors (Lipinski definition) is 0. The normalized spacial score (nSPS) is 19.8. The maximum absolute atomic E-state index is 5.82. The second kappa shape index (κ2) is 8.05. The number of benzene rings is 1. The summed E-state index contributed by atoms with van der Waals surface area (Å²) >= 11 is 0. The fourth-order valence-corrected chi connectivity index (χ4v) is 3.48. The zero-order chi connectivity index (χ0) is 17.8. The lowest BCUT2D eigenvalue weighted by Gasteiger charge is -2.21. The minimum absolute atomic E-state index is 0.272. The number of nitrogens with zero attached hydrogens (tertiary/aromatic N) is 3. The van der Waals surface area contributed by atoms with Crippen molar-refractivity contribution in [1.82, 2.24) is 15.0 Å². The van der Waals surface area contributed by atoms with Crippen molar-refractivity contribution in [3.8, 4) is 23.1 Å². The molecule has 4 rings (SSSR count). The third-order valence-electron chi connectivity index (χ3n) is 5.10. The van der Waals surface area contributed by atoms with Crippen molar-refractivity contribution in [1.29, 1.82) is 0 Å². The van der Waals surface area contributed by atoms with E-state index in [2.05, 4.69) is 53.5 Å². The molecule has 1 atom stereocenters. The monoisotopic (exact) mass is 349 g/mol. The molecule has 1 aliphatic heterocycles. The van der Waals surface area contributed by atoms with Gasteiger partial charge in [-0.3, -0.25) is 0 Å². The molecule has 0 spiro atoms. The average molecular weight is 349 g/mol. The van der Waals surface area contributed by atoms with Crippen molar-refractivity contribution >= 4 is 0 Å². The predicted molar refractivity (Wildman–Crippen MR) is 103 cm³/mol. The maximum atomic E-state index is 5.82. The zero-order valence-corrected chi connectivity index (χ0v) is 15.6.